The highest BCUT2D eigenvalue weighted by Crippen LogP contribution is 2.21. The van der Waals surface area contributed by atoms with Crippen molar-refractivity contribution < 1.29 is 9.53 Å². The number of rotatable bonds is 3. The van der Waals surface area contributed by atoms with E-state index in [0.717, 1.165) is 30.8 Å². The molecule has 0 radical (unpaired) electrons. The van der Waals surface area contributed by atoms with E-state index >= 15 is 0 Å². The van der Waals surface area contributed by atoms with E-state index in [1.807, 2.05) is 39.1 Å². The summed E-state index contributed by atoms with van der Waals surface area (Å²) in [6.07, 6.45) is 3.33. The third-order valence-electron chi connectivity index (χ3n) is 4.99. The van der Waals surface area contributed by atoms with Gasteiger partial charge >= 0.3 is 6.09 Å². The van der Waals surface area contributed by atoms with Crippen LogP contribution in [-0.2, 0) is 11.3 Å². The average Bonchev–Trinajstić information content (AvgIpc) is 3.13. The molecule has 0 bridgehead atoms. The van der Waals surface area contributed by atoms with Gasteiger partial charge in [0.25, 0.3) is 0 Å². The molecule has 0 saturated carbocycles. The first kappa shape index (κ1) is 20.6. The smallest absolute Gasteiger partial charge is 0.410 e. The molecule has 0 N–H and O–H groups in total. The molecule has 3 aromatic rings. The summed E-state index contributed by atoms with van der Waals surface area (Å²) in [5.74, 6) is 0. The van der Waals surface area contributed by atoms with Gasteiger partial charge in [0.15, 0.2) is 0 Å². The van der Waals surface area contributed by atoms with E-state index in [2.05, 4.69) is 27.1 Å². The summed E-state index contributed by atoms with van der Waals surface area (Å²) in [5.41, 5.74) is 3.19. The van der Waals surface area contributed by atoms with Crippen molar-refractivity contribution in [1.29, 1.82) is 0 Å². The zero-order valence-corrected chi connectivity index (χ0v) is 18.3. The lowest BCUT2D eigenvalue weighted by atomic mass is 10.2. The minimum atomic E-state index is -0.461. The number of fused-ring (bicyclic) bond motifs is 1. The number of aromatic nitrogens is 3. The van der Waals surface area contributed by atoms with E-state index in [9.17, 15) is 4.79 Å². The second-order valence-corrected chi connectivity index (χ2v) is 8.92. The summed E-state index contributed by atoms with van der Waals surface area (Å²) in [4.78, 5) is 20.6. The first-order valence-electron chi connectivity index (χ1n) is 10.1. The van der Waals surface area contributed by atoms with Crippen LogP contribution in [0.4, 0.5) is 4.79 Å². The molecule has 1 fully saturated rings. The first-order valence-corrected chi connectivity index (χ1v) is 10.5. The standard InChI is InChI=1S/C22H26ClN5O2/c1-22(2,3)30-21(29)27-12-10-26(11-13-27)14-16-4-6-17(7-5-16)28-15-19-20(25-28)18(23)8-9-24-19/h4-9,15H,10-14H2,1-3H3. The van der Waals surface area contributed by atoms with Crippen LogP contribution in [0.2, 0.25) is 5.02 Å². The van der Waals surface area contributed by atoms with Crippen molar-refractivity contribution in [2.45, 2.75) is 32.9 Å². The van der Waals surface area contributed by atoms with Gasteiger partial charge in [-0.1, -0.05) is 23.7 Å². The van der Waals surface area contributed by atoms with Crippen molar-refractivity contribution in [1.82, 2.24) is 24.6 Å². The van der Waals surface area contributed by atoms with Gasteiger partial charge in [-0.25, -0.2) is 9.48 Å². The van der Waals surface area contributed by atoms with Crippen LogP contribution < -0.4 is 0 Å². The van der Waals surface area contributed by atoms with Crippen LogP contribution in [0.5, 0.6) is 0 Å². The number of pyridine rings is 1. The number of piperazine rings is 1. The van der Waals surface area contributed by atoms with Crippen LogP contribution in [0.1, 0.15) is 26.3 Å². The molecule has 7 nitrogen and oxygen atoms in total. The highest BCUT2D eigenvalue weighted by molar-refractivity contribution is 6.34. The average molecular weight is 428 g/mol. The lowest BCUT2D eigenvalue weighted by Crippen LogP contribution is -2.49. The van der Waals surface area contributed by atoms with E-state index < -0.39 is 5.60 Å². The minimum absolute atomic E-state index is 0.229. The summed E-state index contributed by atoms with van der Waals surface area (Å²) < 4.78 is 7.26. The SMILES string of the molecule is CC(C)(C)OC(=O)N1CCN(Cc2ccc(-n3cc4nccc(Cl)c4n3)cc2)CC1. The largest absolute Gasteiger partial charge is 0.444 e. The van der Waals surface area contributed by atoms with E-state index in [-0.39, 0.29) is 6.09 Å². The van der Waals surface area contributed by atoms with E-state index in [1.54, 1.807) is 21.8 Å². The Morgan fingerprint density at radius 3 is 2.43 bits per heavy atom. The Kier molecular flexibility index (Phi) is 5.66. The fraction of sp³-hybridized carbons (Fsp3) is 0.409. The summed E-state index contributed by atoms with van der Waals surface area (Å²) in [5, 5.41) is 5.14. The molecule has 158 valence electrons. The van der Waals surface area contributed by atoms with E-state index in [1.165, 1.54) is 5.56 Å². The summed E-state index contributed by atoms with van der Waals surface area (Å²) in [6.45, 7) is 9.54. The van der Waals surface area contributed by atoms with Crippen LogP contribution >= 0.6 is 11.6 Å². The molecule has 8 heteroatoms. The van der Waals surface area contributed by atoms with Crippen LogP contribution in [0, 0.1) is 0 Å². The molecule has 0 spiro atoms. The Labute approximate surface area is 181 Å². The van der Waals surface area contributed by atoms with Crippen molar-refractivity contribution >= 4 is 28.7 Å². The molecule has 0 aliphatic carbocycles. The first-order chi connectivity index (χ1) is 14.3. The Balaban J connectivity index is 1.35. The number of nitrogens with zero attached hydrogens (tertiary/aromatic N) is 5. The lowest BCUT2D eigenvalue weighted by molar-refractivity contribution is 0.0139. The van der Waals surface area contributed by atoms with Crippen LogP contribution in [0.3, 0.4) is 0 Å². The zero-order valence-electron chi connectivity index (χ0n) is 17.5. The topological polar surface area (TPSA) is 63.5 Å². The predicted octanol–water partition coefficient (Wildman–Crippen LogP) is 4.13. The number of carbonyl (C=O) groups is 1. The fourth-order valence-electron chi connectivity index (χ4n) is 3.45. The monoisotopic (exact) mass is 427 g/mol. The summed E-state index contributed by atoms with van der Waals surface area (Å²) >= 11 is 6.20. The van der Waals surface area contributed by atoms with Crippen molar-refractivity contribution in [3.8, 4) is 5.69 Å². The molecule has 1 aliphatic heterocycles. The molecule has 1 saturated heterocycles. The number of ether oxygens (including phenoxy) is 1. The maximum Gasteiger partial charge on any atom is 0.410 e. The highest BCUT2D eigenvalue weighted by Gasteiger charge is 2.25. The zero-order chi connectivity index (χ0) is 21.3. The number of hydrogen-bond donors (Lipinski definition) is 0. The number of benzene rings is 1. The maximum atomic E-state index is 12.2. The van der Waals surface area contributed by atoms with Gasteiger partial charge < -0.3 is 9.64 Å². The molecular formula is C22H26ClN5O2. The van der Waals surface area contributed by atoms with Gasteiger partial charge in [0.2, 0.25) is 0 Å². The molecule has 1 aliphatic rings. The number of carbonyl (C=O) groups excluding carboxylic acids is 1. The summed E-state index contributed by atoms with van der Waals surface area (Å²) in [7, 11) is 0. The van der Waals surface area contributed by atoms with Gasteiger partial charge in [-0.3, -0.25) is 9.88 Å². The molecule has 3 heterocycles. The van der Waals surface area contributed by atoms with Gasteiger partial charge in [0, 0.05) is 38.9 Å². The van der Waals surface area contributed by atoms with Crippen molar-refractivity contribution in [3.05, 3.63) is 53.3 Å². The van der Waals surface area contributed by atoms with Crippen molar-refractivity contribution in [2.24, 2.45) is 0 Å². The normalized spacial score (nSPS) is 15.5. The lowest BCUT2D eigenvalue weighted by Gasteiger charge is -2.35. The van der Waals surface area contributed by atoms with Gasteiger partial charge in [-0.05, 0) is 44.5 Å². The second kappa shape index (κ2) is 8.24. The Morgan fingerprint density at radius 2 is 1.80 bits per heavy atom. The molecule has 0 unspecified atom stereocenters. The minimum Gasteiger partial charge on any atom is -0.444 e. The Hall–Kier alpha value is -2.64. The third kappa shape index (κ3) is 4.74. The van der Waals surface area contributed by atoms with Crippen LogP contribution in [0.25, 0.3) is 16.7 Å². The van der Waals surface area contributed by atoms with Crippen molar-refractivity contribution in [3.63, 3.8) is 0 Å². The molecule has 1 amide bonds. The molecule has 2 aromatic heterocycles. The Bertz CT molecular complexity index is 1030. The number of amides is 1. The van der Waals surface area contributed by atoms with Crippen LogP contribution in [-0.4, -0.2) is 62.4 Å². The van der Waals surface area contributed by atoms with E-state index in [4.69, 9.17) is 16.3 Å². The Morgan fingerprint density at radius 1 is 1.10 bits per heavy atom. The van der Waals surface area contributed by atoms with E-state index in [0.29, 0.717) is 23.6 Å². The number of halogens is 1. The molecule has 30 heavy (non-hydrogen) atoms. The van der Waals surface area contributed by atoms with Gasteiger partial charge in [0.1, 0.15) is 16.6 Å². The molecule has 4 rings (SSSR count). The molecular weight excluding hydrogens is 402 g/mol. The van der Waals surface area contributed by atoms with Crippen molar-refractivity contribution in [2.75, 3.05) is 26.2 Å². The third-order valence-corrected chi connectivity index (χ3v) is 5.29. The number of hydrogen-bond acceptors (Lipinski definition) is 5. The van der Waals surface area contributed by atoms with Gasteiger partial charge in [-0.15, -0.1) is 0 Å². The van der Waals surface area contributed by atoms with Gasteiger partial charge in [-0.2, -0.15) is 5.10 Å². The van der Waals surface area contributed by atoms with Gasteiger partial charge in [0.05, 0.1) is 16.9 Å². The molecule has 1 aromatic carbocycles. The van der Waals surface area contributed by atoms with Crippen LogP contribution in [0.15, 0.2) is 42.7 Å². The quantitative estimate of drug-likeness (QED) is 0.629. The summed E-state index contributed by atoms with van der Waals surface area (Å²) in [6, 6.07) is 10.1. The molecule has 0 atom stereocenters. The second-order valence-electron chi connectivity index (χ2n) is 8.51. The predicted molar refractivity (Wildman–Crippen MR) is 117 cm³/mol. The highest BCUT2D eigenvalue weighted by atomic mass is 35.5. The maximum absolute atomic E-state index is 12.2. The fourth-order valence-corrected chi connectivity index (χ4v) is 3.64.